The van der Waals surface area contributed by atoms with E-state index in [0.717, 1.165) is 45.4 Å². The predicted octanol–water partition coefficient (Wildman–Crippen LogP) is 8.94. The summed E-state index contributed by atoms with van der Waals surface area (Å²) >= 11 is 16.0. The van der Waals surface area contributed by atoms with Crippen molar-refractivity contribution in [1.82, 2.24) is 29.7 Å². The summed E-state index contributed by atoms with van der Waals surface area (Å²) < 4.78 is 46.4. The largest absolute Gasteiger partial charge is 0.490 e. The van der Waals surface area contributed by atoms with Gasteiger partial charge in [0.05, 0.1) is 21.1 Å². The molecule has 0 amide bonds. The zero-order valence-electron chi connectivity index (χ0n) is 35.8. The summed E-state index contributed by atoms with van der Waals surface area (Å²) in [6.45, 7) is 7.97. The highest BCUT2D eigenvalue weighted by Crippen LogP contribution is 2.53. The Labute approximate surface area is 384 Å². The summed E-state index contributed by atoms with van der Waals surface area (Å²) in [5.41, 5.74) is 3.93. The first-order valence-corrected chi connectivity index (χ1v) is 22.7. The van der Waals surface area contributed by atoms with E-state index in [4.69, 9.17) is 51.9 Å². The minimum Gasteiger partial charge on any atom is -0.490 e. The molecule has 0 spiro atoms. The lowest BCUT2D eigenvalue weighted by molar-refractivity contribution is -0.145. The number of thiophene rings is 1. The lowest BCUT2D eigenvalue weighted by Gasteiger charge is -2.38. The molecule has 10 rings (SSSR count). The highest BCUT2D eigenvalue weighted by molar-refractivity contribution is 7.22. The van der Waals surface area contributed by atoms with Crippen molar-refractivity contribution in [1.29, 1.82) is 0 Å². The Hall–Kier alpha value is -5.16. The van der Waals surface area contributed by atoms with Crippen LogP contribution in [-0.2, 0) is 28.2 Å². The maximum atomic E-state index is 14.3. The van der Waals surface area contributed by atoms with Gasteiger partial charge < -0.3 is 33.7 Å². The van der Waals surface area contributed by atoms with Gasteiger partial charge in [-0.3, -0.25) is 4.90 Å². The van der Waals surface area contributed by atoms with Crippen LogP contribution in [0.2, 0.25) is 10.0 Å². The van der Waals surface area contributed by atoms with Gasteiger partial charge in [0.15, 0.2) is 11.6 Å². The van der Waals surface area contributed by atoms with E-state index in [9.17, 15) is 14.3 Å². The van der Waals surface area contributed by atoms with E-state index >= 15 is 0 Å². The summed E-state index contributed by atoms with van der Waals surface area (Å²) in [5.74, 6) is 0.222. The number of ether oxygens (including phenoxy) is 5. The Morgan fingerprint density at radius 1 is 0.984 bits per heavy atom. The molecule has 1 N–H and O–H groups in total. The standard InChI is InChI=1S/C47H47Cl2FN6O7S/c1-26-36-27(2)40(49)41(39(26)48)62-33(22-56-18-16-55(3)17-19-56)24-60-32-10-11-34(61-23-31-12-15-51-46(54-31)47(59-4)13-5-14-47)29(20-32)21-35(45(57)58)63-43-38-37(36)42(64-44(38)53-25-52-43)28-6-8-30(50)9-7-28/h6-12,15,20,25,33,35H,5,13-14,16-19,21-24H2,1-4H3,(H,57,58)/t33-,35-/m1/s1. The fraction of sp³-hybridized carbons (Fsp3) is 0.383. The quantitative estimate of drug-likeness (QED) is 0.148. The van der Waals surface area contributed by atoms with Crippen molar-refractivity contribution < 1.29 is 38.0 Å². The molecule has 3 aliphatic heterocycles. The van der Waals surface area contributed by atoms with Gasteiger partial charge in [-0.25, -0.2) is 29.1 Å². The van der Waals surface area contributed by atoms with Crippen molar-refractivity contribution in [2.24, 2.45) is 0 Å². The van der Waals surface area contributed by atoms with Crippen LogP contribution in [0.4, 0.5) is 4.39 Å². The van der Waals surface area contributed by atoms with E-state index in [1.165, 1.54) is 29.8 Å². The van der Waals surface area contributed by atoms with Crippen molar-refractivity contribution in [2.75, 3.05) is 53.5 Å². The van der Waals surface area contributed by atoms with Crippen LogP contribution in [0.15, 0.2) is 61.1 Å². The number of methoxy groups -OCH3 is 1. The second-order valence-electron chi connectivity index (χ2n) is 16.5. The van der Waals surface area contributed by atoms with Gasteiger partial charge in [0.25, 0.3) is 0 Å². The van der Waals surface area contributed by atoms with Gasteiger partial charge in [0.1, 0.15) is 53.4 Å². The average molecular weight is 930 g/mol. The first-order valence-electron chi connectivity index (χ1n) is 21.2. The molecule has 1 saturated heterocycles. The third-order valence-corrected chi connectivity index (χ3v) is 14.5. The number of likely N-dealkylation sites (N-methyl/N-ethyl adjacent to an activating group) is 1. The third kappa shape index (κ3) is 8.69. The number of benzene rings is 3. The molecule has 3 aromatic carbocycles. The van der Waals surface area contributed by atoms with E-state index in [-0.39, 0.29) is 25.5 Å². The van der Waals surface area contributed by atoms with Crippen LogP contribution >= 0.6 is 34.5 Å². The number of fused-ring (bicyclic) bond motifs is 7. The molecule has 4 aliphatic rings. The zero-order valence-corrected chi connectivity index (χ0v) is 38.2. The molecule has 2 atom stereocenters. The number of rotatable bonds is 9. The molecule has 1 saturated carbocycles. The van der Waals surface area contributed by atoms with Gasteiger partial charge >= 0.3 is 5.97 Å². The van der Waals surface area contributed by atoms with E-state index in [2.05, 4.69) is 31.8 Å². The molecule has 6 aromatic rings. The molecule has 64 heavy (non-hydrogen) atoms. The minimum atomic E-state index is -1.45. The summed E-state index contributed by atoms with van der Waals surface area (Å²) in [6, 6.07) is 13.2. The molecule has 0 radical (unpaired) electrons. The maximum absolute atomic E-state index is 14.3. The Morgan fingerprint density at radius 3 is 2.42 bits per heavy atom. The average Bonchev–Trinajstić information content (AvgIpc) is 3.66. The molecule has 3 aromatic heterocycles. The van der Waals surface area contributed by atoms with Crippen LogP contribution in [-0.4, -0.2) is 107 Å². The summed E-state index contributed by atoms with van der Waals surface area (Å²) in [5, 5.41) is 11.9. The van der Waals surface area contributed by atoms with Crippen molar-refractivity contribution in [3.05, 3.63) is 105 Å². The normalized spacial score (nSPS) is 19.0. The monoisotopic (exact) mass is 928 g/mol. The van der Waals surface area contributed by atoms with E-state index in [1.807, 2.05) is 13.8 Å². The van der Waals surface area contributed by atoms with Crippen LogP contribution in [0.1, 0.15) is 47.5 Å². The van der Waals surface area contributed by atoms with Crippen molar-refractivity contribution >= 4 is 50.7 Å². The lowest BCUT2D eigenvalue weighted by Crippen LogP contribution is -2.49. The first kappa shape index (κ1) is 44.1. The van der Waals surface area contributed by atoms with E-state index in [0.29, 0.717) is 93.8 Å². The fourth-order valence-electron chi connectivity index (χ4n) is 8.58. The van der Waals surface area contributed by atoms with Gasteiger partial charge in [-0.15, -0.1) is 11.3 Å². The van der Waals surface area contributed by atoms with Crippen molar-refractivity contribution in [2.45, 2.75) is 63.9 Å². The molecular formula is C47H47Cl2FN6O7S. The topological polar surface area (TPSA) is 141 Å². The highest BCUT2D eigenvalue weighted by Gasteiger charge is 2.42. The maximum Gasteiger partial charge on any atom is 0.345 e. The number of halogens is 3. The number of aromatic nitrogens is 4. The second kappa shape index (κ2) is 18.4. The third-order valence-electron chi connectivity index (χ3n) is 12.4. The van der Waals surface area contributed by atoms with Crippen molar-refractivity contribution in [3.8, 4) is 44.7 Å². The second-order valence-corrected chi connectivity index (χ2v) is 18.3. The Balaban J connectivity index is 1.17. The van der Waals surface area contributed by atoms with E-state index in [1.54, 1.807) is 49.7 Å². The van der Waals surface area contributed by atoms with Crippen LogP contribution in [0.25, 0.3) is 31.8 Å². The summed E-state index contributed by atoms with van der Waals surface area (Å²) in [7, 11) is 3.78. The van der Waals surface area contributed by atoms with Crippen LogP contribution in [0.5, 0.6) is 23.1 Å². The number of carboxylic acid groups (broad SMARTS) is 1. The van der Waals surface area contributed by atoms with Gasteiger partial charge in [-0.2, -0.15) is 0 Å². The van der Waals surface area contributed by atoms with Crippen molar-refractivity contribution in [3.63, 3.8) is 0 Å². The smallest absolute Gasteiger partial charge is 0.345 e. The molecule has 2 fully saturated rings. The number of carbonyl (C=O) groups is 1. The SMILES string of the molecule is COC1(c2nccc(COc3ccc4cc3C[C@H](C(=O)O)Oc3ncnc5sc(-c6ccc(F)cc6)c(c35)-c3c(C)c(Cl)c(c(Cl)c3C)O[C@H](CN3CCN(C)CC3)CO4)n2)CCC1. The Kier molecular flexibility index (Phi) is 12.7. The molecule has 0 unspecified atom stereocenters. The van der Waals surface area contributed by atoms with Gasteiger partial charge in [0, 0.05) is 68.5 Å². The number of hydrogen-bond acceptors (Lipinski definition) is 13. The molecule has 6 heterocycles. The first-order chi connectivity index (χ1) is 30.9. The van der Waals surface area contributed by atoms with Crippen LogP contribution in [0, 0.1) is 19.7 Å². The lowest BCUT2D eigenvalue weighted by atomic mass is 9.79. The molecular weight excluding hydrogens is 883 g/mol. The number of aliphatic carboxylic acids is 1. The molecule has 1 aliphatic carbocycles. The highest BCUT2D eigenvalue weighted by atomic mass is 35.5. The summed E-state index contributed by atoms with van der Waals surface area (Å²) in [4.78, 5) is 37.6. The number of hydrogen-bond donors (Lipinski definition) is 1. The molecule has 334 valence electrons. The zero-order chi connectivity index (χ0) is 44.7. The van der Waals surface area contributed by atoms with Gasteiger partial charge in [-0.1, -0.05) is 35.3 Å². The molecule has 4 bridgehead atoms. The minimum absolute atomic E-state index is 0.0337. The van der Waals surface area contributed by atoms with Crippen LogP contribution in [0.3, 0.4) is 0 Å². The molecule has 17 heteroatoms. The Morgan fingerprint density at radius 2 is 1.73 bits per heavy atom. The van der Waals surface area contributed by atoms with Gasteiger partial charge in [-0.05, 0) is 98.8 Å². The molecule has 13 nitrogen and oxygen atoms in total. The Bertz CT molecular complexity index is 2680. The fourth-order valence-corrected chi connectivity index (χ4v) is 10.2. The van der Waals surface area contributed by atoms with Crippen LogP contribution < -0.4 is 18.9 Å². The predicted molar refractivity (Wildman–Crippen MR) is 243 cm³/mol. The number of carboxylic acids is 1. The number of piperazine rings is 1. The van der Waals surface area contributed by atoms with Gasteiger partial charge in [0.2, 0.25) is 12.0 Å². The number of nitrogens with zero attached hydrogens (tertiary/aromatic N) is 6. The summed E-state index contributed by atoms with van der Waals surface area (Å²) in [6.07, 6.45) is 3.62. The van der Waals surface area contributed by atoms with E-state index < -0.39 is 29.6 Å².